The number of aryl methyl sites for hydroxylation is 1. The number of halogens is 3. The summed E-state index contributed by atoms with van der Waals surface area (Å²) in [7, 11) is 0. The third-order valence-corrected chi connectivity index (χ3v) is 1.33. The van der Waals surface area contributed by atoms with E-state index in [1.54, 1.807) is 0 Å². The average molecular weight is 207 g/mol. The average Bonchev–Trinajstić information content (AvgIpc) is 1.97. The van der Waals surface area contributed by atoms with Gasteiger partial charge in [0.25, 0.3) is 5.56 Å². The molecule has 0 bridgehead atoms. The van der Waals surface area contributed by atoms with Gasteiger partial charge in [0.1, 0.15) is 18.2 Å². The molecule has 78 valence electrons. The predicted octanol–water partition coefficient (Wildman–Crippen LogP) is 1.05. The summed E-state index contributed by atoms with van der Waals surface area (Å²) in [6.45, 7) is 0.281. The van der Waals surface area contributed by atoms with E-state index >= 15 is 0 Å². The summed E-state index contributed by atoms with van der Waals surface area (Å²) in [6, 6.07) is 0.971. The van der Waals surface area contributed by atoms with Gasteiger partial charge in [-0.1, -0.05) is 0 Å². The third-order valence-electron chi connectivity index (χ3n) is 1.33. The minimum atomic E-state index is -4.32. The summed E-state index contributed by atoms with van der Waals surface area (Å²) in [5.74, 6) is 0.186. The molecule has 0 aliphatic heterocycles. The topological polar surface area (TPSA) is 57.8 Å². The quantitative estimate of drug-likeness (QED) is 0.762. The van der Waals surface area contributed by atoms with Crippen molar-refractivity contribution in [2.45, 2.75) is 13.1 Å². The second kappa shape index (κ2) is 3.69. The second-order valence-corrected chi connectivity index (χ2v) is 2.68. The van der Waals surface area contributed by atoms with Crippen molar-refractivity contribution < 1.29 is 13.2 Å². The van der Waals surface area contributed by atoms with Gasteiger partial charge in [-0.25, -0.2) is 4.98 Å². The van der Waals surface area contributed by atoms with Crippen LogP contribution in [0.4, 0.5) is 19.0 Å². The summed E-state index contributed by atoms with van der Waals surface area (Å²) < 4.78 is 35.3. The number of hydrogen-bond acceptors (Lipinski definition) is 3. The van der Waals surface area contributed by atoms with Crippen molar-refractivity contribution in [3.05, 3.63) is 22.2 Å². The van der Waals surface area contributed by atoms with E-state index in [9.17, 15) is 18.0 Å². The third kappa shape index (κ3) is 3.46. The maximum Gasteiger partial charge on any atom is 0.405 e. The van der Waals surface area contributed by atoms with E-state index < -0.39 is 18.3 Å². The molecule has 1 aromatic rings. The van der Waals surface area contributed by atoms with Crippen molar-refractivity contribution in [3.63, 3.8) is 0 Å². The Kier molecular flexibility index (Phi) is 2.78. The van der Waals surface area contributed by atoms with Gasteiger partial charge in [0.15, 0.2) is 0 Å². The second-order valence-electron chi connectivity index (χ2n) is 2.68. The summed E-state index contributed by atoms with van der Waals surface area (Å²) in [4.78, 5) is 16.8. The fourth-order valence-electron chi connectivity index (χ4n) is 0.861. The predicted molar refractivity (Wildman–Crippen MR) is 44.1 cm³/mol. The first-order valence-corrected chi connectivity index (χ1v) is 3.75. The van der Waals surface area contributed by atoms with Crippen LogP contribution in [0.15, 0.2) is 10.9 Å². The molecule has 1 heterocycles. The maximum atomic E-state index is 11.8. The van der Waals surface area contributed by atoms with Gasteiger partial charge in [0, 0.05) is 6.07 Å². The molecule has 0 atom stereocenters. The monoisotopic (exact) mass is 207 g/mol. The Morgan fingerprint density at radius 2 is 2.21 bits per heavy atom. The van der Waals surface area contributed by atoms with Crippen LogP contribution in [0, 0.1) is 6.92 Å². The standard InChI is InChI=1S/C7H8F3N3O/c1-4-12-5(2-6(14)13-4)11-3-7(8,9)10/h2H,3H2,1H3,(H2,11,12,13,14). The minimum absolute atomic E-state index is 0.0800. The Bertz CT molecular complexity index is 371. The van der Waals surface area contributed by atoms with E-state index in [0.717, 1.165) is 6.07 Å². The molecule has 0 spiro atoms. The summed E-state index contributed by atoms with van der Waals surface area (Å²) in [5.41, 5.74) is -0.484. The number of nitrogens with one attached hydrogen (secondary N) is 2. The summed E-state index contributed by atoms with van der Waals surface area (Å²) in [5, 5.41) is 2.01. The van der Waals surface area contributed by atoms with Gasteiger partial charge in [-0.05, 0) is 6.92 Å². The van der Waals surface area contributed by atoms with Gasteiger partial charge < -0.3 is 10.3 Å². The molecule has 0 saturated heterocycles. The molecule has 14 heavy (non-hydrogen) atoms. The van der Waals surface area contributed by atoms with Crippen molar-refractivity contribution in [1.82, 2.24) is 9.97 Å². The Hall–Kier alpha value is -1.53. The molecule has 0 aromatic carbocycles. The number of rotatable bonds is 2. The van der Waals surface area contributed by atoms with Crippen LogP contribution in [0.2, 0.25) is 0 Å². The fraction of sp³-hybridized carbons (Fsp3) is 0.429. The number of aromatic amines is 1. The van der Waals surface area contributed by atoms with Crippen LogP contribution in [0.25, 0.3) is 0 Å². The zero-order valence-electron chi connectivity index (χ0n) is 7.27. The SMILES string of the molecule is Cc1nc(NCC(F)(F)F)cc(=O)[nH]1. The van der Waals surface area contributed by atoms with Crippen LogP contribution in [-0.2, 0) is 0 Å². The lowest BCUT2D eigenvalue weighted by Gasteiger charge is -2.08. The Labute approximate surface area is 77.2 Å². The highest BCUT2D eigenvalue weighted by molar-refractivity contribution is 5.32. The lowest BCUT2D eigenvalue weighted by atomic mass is 10.5. The smallest absolute Gasteiger partial charge is 0.361 e. The molecule has 0 aliphatic rings. The first-order chi connectivity index (χ1) is 6.37. The minimum Gasteiger partial charge on any atom is -0.361 e. The number of hydrogen-bond donors (Lipinski definition) is 2. The normalized spacial score (nSPS) is 11.4. The molecule has 0 radical (unpaired) electrons. The Morgan fingerprint density at radius 1 is 1.57 bits per heavy atom. The molecule has 0 unspecified atom stereocenters. The lowest BCUT2D eigenvalue weighted by molar-refractivity contribution is -0.115. The number of nitrogens with zero attached hydrogens (tertiary/aromatic N) is 1. The molecular formula is C7H8F3N3O. The van der Waals surface area contributed by atoms with E-state index in [-0.39, 0.29) is 11.6 Å². The van der Waals surface area contributed by atoms with E-state index in [4.69, 9.17) is 0 Å². The van der Waals surface area contributed by atoms with Gasteiger partial charge in [-0.3, -0.25) is 4.79 Å². The molecule has 4 nitrogen and oxygen atoms in total. The van der Waals surface area contributed by atoms with Crippen molar-refractivity contribution >= 4 is 5.82 Å². The first kappa shape index (κ1) is 10.6. The maximum absolute atomic E-state index is 11.8. The largest absolute Gasteiger partial charge is 0.405 e. The highest BCUT2D eigenvalue weighted by Gasteiger charge is 2.26. The van der Waals surface area contributed by atoms with Crippen LogP contribution in [0.5, 0.6) is 0 Å². The van der Waals surface area contributed by atoms with Crippen LogP contribution in [0.1, 0.15) is 5.82 Å². The first-order valence-electron chi connectivity index (χ1n) is 3.75. The van der Waals surface area contributed by atoms with E-state index in [0.29, 0.717) is 0 Å². The molecule has 7 heteroatoms. The molecule has 1 rings (SSSR count). The summed E-state index contributed by atoms with van der Waals surface area (Å²) >= 11 is 0. The number of aromatic nitrogens is 2. The Balaban J connectivity index is 2.73. The zero-order chi connectivity index (χ0) is 10.8. The van der Waals surface area contributed by atoms with E-state index in [1.807, 2.05) is 5.32 Å². The summed E-state index contributed by atoms with van der Waals surface area (Å²) in [6.07, 6.45) is -4.32. The van der Waals surface area contributed by atoms with Crippen LogP contribution in [0.3, 0.4) is 0 Å². The van der Waals surface area contributed by atoms with Crippen LogP contribution < -0.4 is 10.9 Å². The highest BCUT2D eigenvalue weighted by Crippen LogP contribution is 2.14. The Morgan fingerprint density at radius 3 is 2.71 bits per heavy atom. The molecule has 0 fully saturated rings. The van der Waals surface area contributed by atoms with Crippen molar-refractivity contribution in [3.8, 4) is 0 Å². The van der Waals surface area contributed by atoms with E-state index in [2.05, 4.69) is 9.97 Å². The van der Waals surface area contributed by atoms with Crippen molar-refractivity contribution in [1.29, 1.82) is 0 Å². The van der Waals surface area contributed by atoms with Crippen LogP contribution >= 0.6 is 0 Å². The molecule has 0 saturated carbocycles. The van der Waals surface area contributed by atoms with Crippen molar-refractivity contribution in [2.75, 3.05) is 11.9 Å². The molecule has 2 N–H and O–H groups in total. The zero-order valence-corrected chi connectivity index (χ0v) is 7.27. The van der Waals surface area contributed by atoms with Gasteiger partial charge in [-0.15, -0.1) is 0 Å². The van der Waals surface area contributed by atoms with Gasteiger partial charge in [0.2, 0.25) is 0 Å². The number of anilines is 1. The number of alkyl halides is 3. The number of H-pyrrole nitrogens is 1. The molecule has 0 aliphatic carbocycles. The van der Waals surface area contributed by atoms with Crippen molar-refractivity contribution in [2.24, 2.45) is 0 Å². The van der Waals surface area contributed by atoms with Gasteiger partial charge >= 0.3 is 6.18 Å². The molecular weight excluding hydrogens is 199 g/mol. The molecule has 0 amide bonds. The fourth-order valence-corrected chi connectivity index (χ4v) is 0.861. The van der Waals surface area contributed by atoms with Gasteiger partial charge in [0.05, 0.1) is 0 Å². The van der Waals surface area contributed by atoms with Crippen LogP contribution in [-0.4, -0.2) is 22.7 Å². The van der Waals surface area contributed by atoms with Gasteiger partial charge in [-0.2, -0.15) is 13.2 Å². The highest BCUT2D eigenvalue weighted by atomic mass is 19.4. The molecule has 1 aromatic heterocycles. The van der Waals surface area contributed by atoms with E-state index in [1.165, 1.54) is 6.92 Å². The lowest BCUT2D eigenvalue weighted by Crippen LogP contribution is -2.23.